The molecule has 1 atom stereocenters. The first-order chi connectivity index (χ1) is 12.5. The summed E-state index contributed by atoms with van der Waals surface area (Å²) in [5.41, 5.74) is 8.16. The first-order valence-electron chi connectivity index (χ1n) is 8.41. The van der Waals surface area contributed by atoms with Gasteiger partial charge in [0.1, 0.15) is 22.8 Å². The molecule has 7 heteroatoms. The second kappa shape index (κ2) is 6.34. The molecule has 3 heterocycles. The summed E-state index contributed by atoms with van der Waals surface area (Å²) >= 11 is 0. The minimum atomic E-state index is -0.247. The standard InChI is InChI=1S/C19H20N4O3/c1-22(2)7-8-23-11-21-19-17(18(23)20)16(14-4-3-9-25-14)13-6-5-12(24)10-15(13)26-19/h3-6,9-11,16,20,24H,7-8H2,1-2H3/p+1/t16-/m1/s1. The van der Waals surface area contributed by atoms with Crippen LogP contribution in [0.4, 0.5) is 5.82 Å². The highest BCUT2D eigenvalue weighted by Gasteiger charge is 2.37. The Morgan fingerprint density at radius 3 is 2.88 bits per heavy atom. The van der Waals surface area contributed by atoms with Crippen LogP contribution in [-0.4, -0.2) is 35.6 Å². The number of nitrogen functional groups attached to an aromatic ring is 1. The van der Waals surface area contributed by atoms with Crippen molar-refractivity contribution >= 4 is 5.82 Å². The summed E-state index contributed by atoms with van der Waals surface area (Å²) in [6, 6.07) is 8.80. The van der Waals surface area contributed by atoms with E-state index in [0.717, 1.165) is 23.4 Å². The summed E-state index contributed by atoms with van der Waals surface area (Å²) in [7, 11) is 4.03. The molecule has 1 aliphatic heterocycles. The van der Waals surface area contributed by atoms with Gasteiger partial charge in [0.25, 0.3) is 0 Å². The van der Waals surface area contributed by atoms with Gasteiger partial charge in [0.05, 0.1) is 18.7 Å². The second-order valence-electron chi connectivity index (χ2n) is 6.62. The van der Waals surface area contributed by atoms with Crippen LogP contribution < -0.4 is 15.0 Å². The third-order valence-corrected chi connectivity index (χ3v) is 4.55. The van der Waals surface area contributed by atoms with Gasteiger partial charge in [-0.05, 0) is 32.3 Å². The lowest BCUT2D eigenvalue weighted by Gasteiger charge is -2.25. The maximum absolute atomic E-state index is 9.82. The number of rotatable bonds is 4. The van der Waals surface area contributed by atoms with Crippen molar-refractivity contribution in [1.29, 1.82) is 0 Å². The highest BCUT2D eigenvalue weighted by molar-refractivity contribution is 5.60. The van der Waals surface area contributed by atoms with Crippen molar-refractivity contribution in [2.24, 2.45) is 0 Å². The molecular formula is C19H21N4O3+. The topological polar surface area (TPSA) is 88.6 Å². The highest BCUT2D eigenvalue weighted by Crippen LogP contribution is 2.48. The Kier molecular flexibility index (Phi) is 4.00. The average molecular weight is 353 g/mol. The maximum Gasteiger partial charge on any atom is 0.306 e. The van der Waals surface area contributed by atoms with Gasteiger partial charge in [-0.2, -0.15) is 0 Å². The SMILES string of the molecule is CN(C)CC[n+]1cnc2c(c1N)[C@@H](c1ccco1)c1ccc(O)cc1O2. The lowest BCUT2D eigenvalue weighted by atomic mass is 9.87. The molecule has 0 bridgehead atoms. The number of phenols is 1. The fourth-order valence-corrected chi connectivity index (χ4v) is 3.22. The van der Waals surface area contributed by atoms with Crippen LogP contribution in [0.1, 0.15) is 22.8 Å². The van der Waals surface area contributed by atoms with Gasteiger partial charge in [0.2, 0.25) is 12.1 Å². The number of aromatic nitrogens is 2. The van der Waals surface area contributed by atoms with Gasteiger partial charge in [0, 0.05) is 18.2 Å². The summed E-state index contributed by atoms with van der Waals surface area (Å²) in [6.45, 7) is 1.55. The Labute approximate surface area is 151 Å². The van der Waals surface area contributed by atoms with Crippen LogP contribution in [0.2, 0.25) is 0 Å². The fourth-order valence-electron chi connectivity index (χ4n) is 3.22. The number of aromatic hydroxyl groups is 1. The van der Waals surface area contributed by atoms with Gasteiger partial charge >= 0.3 is 5.88 Å². The van der Waals surface area contributed by atoms with E-state index in [9.17, 15) is 5.11 Å². The maximum atomic E-state index is 9.82. The molecule has 0 radical (unpaired) electrons. The first-order valence-corrected chi connectivity index (χ1v) is 8.41. The lowest BCUT2D eigenvalue weighted by molar-refractivity contribution is -0.685. The van der Waals surface area contributed by atoms with Crippen LogP contribution >= 0.6 is 0 Å². The fraction of sp³-hybridized carbons (Fsp3) is 0.263. The molecule has 3 N–H and O–H groups in total. The summed E-state index contributed by atoms with van der Waals surface area (Å²) in [4.78, 5) is 6.55. The van der Waals surface area contributed by atoms with E-state index in [4.69, 9.17) is 14.9 Å². The third kappa shape index (κ3) is 2.76. The smallest absolute Gasteiger partial charge is 0.306 e. The number of anilines is 1. The van der Waals surface area contributed by atoms with E-state index in [1.807, 2.05) is 36.9 Å². The lowest BCUT2D eigenvalue weighted by Crippen LogP contribution is -2.43. The van der Waals surface area contributed by atoms with Gasteiger partial charge in [-0.1, -0.05) is 11.1 Å². The zero-order chi connectivity index (χ0) is 18.3. The number of hydrogen-bond donors (Lipinski definition) is 2. The van der Waals surface area contributed by atoms with E-state index < -0.39 is 0 Å². The molecule has 1 aliphatic rings. The molecule has 0 saturated heterocycles. The van der Waals surface area contributed by atoms with Gasteiger partial charge in [-0.25, -0.2) is 4.57 Å². The quantitative estimate of drug-likeness (QED) is 0.546. The number of benzene rings is 1. The van der Waals surface area contributed by atoms with Crippen LogP contribution in [0.3, 0.4) is 0 Å². The summed E-state index contributed by atoms with van der Waals surface area (Å²) in [6.07, 6.45) is 3.32. The minimum Gasteiger partial charge on any atom is -0.508 e. The normalized spacial score (nSPS) is 15.4. The van der Waals surface area contributed by atoms with E-state index in [0.29, 0.717) is 24.0 Å². The summed E-state index contributed by atoms with van der Waals surface area (Å²) in [5, 5.41) is 9.82. The molecule has 26 heavy (non-hydrogen) atoms. The number of hydrogen-bond acceptors (Lipinski definition) is 6. The van der Waals surface area contributed by atoms with Crippen LogP contribution in [0, 0.1) is 0 Å². The van der Waals surface area contributed by atoms with E-state index in [1.165, 1.54) is 0 Å². The minimum absolute atomic E-state index is 0.135. The molecule has 4 rings (SSSR count). The molecule has 134 valence electrons. The van der Waals surface area contributed by atoms with Crippen molar-refractivity contribution in [2.75, 3.05) is 26.4 Å². The molecule has 0 spiro atoms. The molecule has 1 aromatic carbocycles. The van der Waals surface area contributed by atoms with E-state index in [-0.39, 0.29) is 11.7 Å². The zero-order valence-electron chi connectivity index (χ0n) is 14.7. The Balaban J connectivity index is 1.87. The van der Waals surface area contributed by atoms with Crippen molar-refractivity contribution in [2.45, 2.75) is 12.5 Å². The number of nitrogens with two attached hydrogens (primary N) is 1. The molecule has 0 amide bonds. The highest BCUT2D eigenvalue weighted by atomic mass is 16.5. The first kappa shape index (κ1) is 16.4. The molecule has 0 saturated carbocycles. The molecule has 0 fully saturated rings. The van der Waals surface area contributed by atoms with Crippen molar-refractivity contribution in [3.63, 3.8) is 0 Å². The molecule has 0 aliphatic carbocycles. The predicted octanol–water partition coefficient (Wildman–Crippen LogP) is 2.10. The van der Waals surface area contributed by atoms with Crippen LogP contribution in [0.25, 0.3) is 0 Å². The summed E-state index contributed by atoms with van der Waals surface area (Å²) < 4.78 is 13.5. The van der Waals surface area contributed by atoms with Gasteiger partial charge in [-0.15, -0.1) is 0 Å². The summed E-state index contributed by atoms with van der Waals surface area (Å²) in [5.74, 6) is 2.22. The monoisotopic (exact) mass is 353 g/mol. The number of nitrogens with zero attached hydrogens (tertiary/aromatic N) is 3. The molecule has 0 unspecified atom stereocenters. The third-order valence-electron chi connectivity index (χ3n) is 4.55. The van der Waals surface area contributed by atoms with E-state index in [2.05, 4.69) is 9.88 Å². The van der Waals surface area contributed by atoms with Gasteiger partial charge < -0.3 is 24.9 Å². The second-order valence-corrected chi connectivity index (χ2v) is 6.62. The number of furan rings is 1. The molecule has 7 nitrogen and oxygen atoms in total. The van der Waals surface area contributed by atoms with Crippen LogP contribution in [0.5, 0.6) is 17.4 Å². The number of ether oxygens (including phenoxy) is 1. The van der Waals surface area contributed by atoms with Gasteiger partial charge in [-0.3, -0.25) is 0 Å². The van der Waals surface area contributed by atoms with Crippen LogP contribution in [0.15, 0.2) is 47.3 Å². The largest absolute Gasteiger partial charge is 0.508 e. The van der Waals surface area contributed by atoms with Crippen molar-refractivity contribution in [3.8, 4) is 17.4 Å². The Morgan fingerprint density at radius 2 is 2.15 bits per heavy atom. The predicted molar refractivity (Wildman–Crippen MR) is 95.2 cm³/mol. The Morgan fingerprint density at radius 1 is 1.31 bits per heavy atom. The van der Waals surface area contributed by atoms with Gasteiger partial charge in [0.15, 0.2) is 0 Å². The number of likely N-dealkylation sites (N-methyl/N-ethyl adjacent to an activating group) is 1. The Hall–Kier alpha value is -3.06. The van der Waals surface area contributed by atoms with Crippen LogP contribution in [-0.2, 0) is 6.54 Å². The van der Waals surface area contributed by atoms with E-state index >= 15 is 0 Å². The molecular weight excluding hydrogens is 332 g/mol. The average Bonchev–Trinajstić information content (AvgIpc) is 3.13. The Bertz CT molecular complexity index is 938. The van der Waals surface area contributed by atoms with Crippen molar-refractivity contribution in [1.82, 2.24) is 9.88 Å². The zero-order valence-corrected chi connectivity index (χ0v) is 14.7. The molecule has 2 aromatic heterocycles. The number of fused-ring (bicyclic) bond motifs is 2. The van der Waals surface area contributed by atoms with Crippen molar-refractivity contribution in [3.05, 3.63) is 59.8 Å². The number of phenolic OH excluding ortho intramolecular Hbond substituents is 1. The molecule has 3 aromatic rings. The van der Waals surface area contributed by atoms with E-state index in [1.54, 1.807) is 24.7 Å². The van der Waals surface area contributed by atoms with Crippen molar-refractivity contribution < 1.29 is 18.8 Å².